The quantitative estimate of drug-likeness (QED) is 0.773. The van der Waals surface area contributed by atoms with Crippen molar-refractivity contribution < 1.29 is 19.0 Å². The summed E-state index contributed by atoms with van der Waals surface area (Å²) in [7, 11) is 0. The smallest absolute Gasteiger partial charge is 0.265 e. The molecule has 4 rings (SSSR count). The first kappa shape index (κ1) is 16.3. The summed E-state index contributed by atoms with van der Waals surface area (Å²) in [6.07, 6.45) is -0.644. The normalized spacial score (nSPS) is 13.9. The van der Waals surface area contributed by atoms with Crippen molar-refractivity contribution in [1.82, 2.24) is 0 Å². The molecule has 0 spiro atoms. The van der Waals surface area contributed by atoms with Gasteiger partial charge in [0.1, 0.15) is 19.0 Å². The standard InChI is InChI=1S/C21H19NO4/c1-14(26-18-8-4-6-15-5-2-3-7-17(15)18)21(23)22-16-9-10-19-20(13-16)25-12-11-24-19/h2-10,13-14H,11-12H2,1H3,(H,22,23)/t14-/m0/s1. The molecule has 0 saturated carbocycles. The number of carbonyl (C=O) groups excluding carboxylic acids is 1. The highest BCUT2D eigenvalue weighted by atomic mass is 16.6. The van der Waals surface area contributed by atoms with E-state index < -0.39 is 6.10 Å². The molecule has 0 unspecified atom stereocenters. The summed E-state index contributed by atoms with van der Waals surface area (Å²) in [6, 6.07) is 19.1. The molecule has 0 radical (unpaired) electrons. The van der Waals surface area contributed by atoms with Gasteiger partial charge in [0.25, 0.3) is 5.91 Å². The summed E-state index contributed by atoms with van der Waals surface area (Å²) in [5, 5.41) is 4.91. The average Bonchev–Trinajstić information content (AvgIpc) is 2.68. The van der Waals surface area contributed by atoms with E-state index in [9.17, 15) is 4.79 Å². The molecule has 1 N–H and O–H groups in total. The van der Waals surface area contributed by atoms with Crippen LogP contribution in [0.25, 0.3) is 10.8 Å². The zero-order valence-corrected chi connectivity index (χ0v) is 14.4. The number of carbonyl (C=O) groups is 1. The van der Waals surface area contributed by atoms with Gasteiger partial charge in [0, 0.05) is 17.1 Å². The van der Waals surface area contributed by atoms with Gasteiger partial charge in [-0.3, -0.25) is 4.79 Å². The minimum atomic E-state index is -0.644. The van der Waals surface area contributed by atoms with Crippen LogP contribution in [0.4, 0.5) is 5.69 Å². The van der Waals surface area contributed by atoms with E-state index in [0.717, 1.165) is 10.8 Å². The Bertz CT molecular complexity index is 948. The SMILES string of the molecule is C[C@H](Oc1cccc2ccccc12)C(=O)Nc1ccc2c(c1)OCCO2. The van der Waals surface area contributed by atoms with Crippen LogP contribution < -0.4 is 19.5 Å². The fraction of sp³-hybridized carbons (Fsp3) is 0.190. The van der Waals surface area contributed by atoms with Gasteiger partial charge in [0.05, 0.1) is 0 Å². The number of benzene rings is 3. The number of anilines is 1. The van der Waals surface area contributed by atoms with Crippen molar-refractivity contribution in [3.05, 3.63) is 60.7 Å². The summed E-state index contributed by atoms with van der Waals surface area (Å²) < 4.78 is 16.9. The van der Waals surface area contributed by atoms with Crippen LogP contribution in [0.2, 0.25) is 0 Å². The molecular weight excluding hydrogens is 330 g/mol. The molecule has 1 amide bonds. The van der Waals surface area contributed by atoms with Gasteiger partial charge in [-0.2, -0.15) is 0 Å². The second-order valence-electron chi connectivity index (χ2n) is 6.09. The zero-order valence-electron chi connectivity index (χ0n) is 14.4. The Kier molecular flexibility index (Phi) is 4.35. The highest BCUT2D eigenvalue weighted by Crippen LogP contribution is 2.32. The fourth-order valence-corrected chi connectivity index (χ4v) is 2.91. The molecule has 26 heavy (non-hydrogen) atoms. The van der Waals surface area contributed by atoms with Gasteiger partial charge in [0.2, 0.25) is 0 Å². The van der Waals surface area contributed by atoms with E-state index in [-0.39, 0.29) is 5.91 Å². The molecule has 132 valence electrons. The number of ether oxygens (including phenoxy) is 3. The van der Waals surface area contributed by atoms with Crippen LogP contribution in [0.1, 0.15) is 6.92 Å². The van der Waals surface area contributed by atoms with Crippen molar-refractivity contribution in [3.63, 3.8) is 0 Å². The lowest BCUT2D eigenvalue weighted by Crippen LogP contribution is -2.30. The number of rotatable bonds is 4. The minimum absolute atomic E-state index is 0.227. The Labute approximate surface area is 151 Å². The van der Waals surface area contributed by atoms with E-state index in [1.807, 2.05) is 42.5 Å². The topological polar surface area (TPSA) is 56.8 Å². The minimum Gasteiger partial charge on any atom is -0.486 e. The Morgan fingerprint density at radius 3 is 2.65 bits per heavy atom. The number of nitrogens with one attached hydrogen (secondary N) is 1. The molecule has 3 aromatic carbocycles. The maximum Gasteiger partial charge on any atom is 0.265 e. The summed E-state index contributed by atoms with van der Waals surface area (Å²) in [4.78, 5) is 12.5. The van der Waals surface area contributed by atoms with E-state index in [0.29, 0.717) is 36.1 Å². The third-order valence-corrected chi connectivity index (χ3v) is 4.23. The Balaban J connectivity index is 1.48. The maximum absolute atomic E-state index is 12.5. The van der Waals surface area contributed by atoms with Crippen molar-refractivity contribution in [2.75, 3.05) is 18.5 Å². The molecule has 5 nitrogen and oxygen atoms in total. The Morgan fingerprint density at radius 1 is 1.00 bits per heavy atom. The average molecular weight is 349 g/mol. The maximum atomic E-state index is 12.5. The molecule has 5 heteroatoms. The lowest BCUT2D eigenvalue weighted by molar-refractivity contribution is -0.122. The second kappa shape index (κ2) is 6.96. The predicted molar refractivity (Wildman–Crippen MR) is 100 cm³/mol. The predicted octanol–water partition coefficient (Wildman–Crippen LogP) is 4.02. The van der Waals surface area contributed by atoms with Gasteiger partial charge in [-0.1, -0.05) is 36.4 Å². The first-order valence-electron chi connectivity index (χ1n) is 8.55. The van der Waals surface area contributed by atoms with E-state index in [1.165, 1.54) is 0 Å². The zero-order chi connectivity index (χ0) is 17.9. The van der Waals surface area contributed by atoms with Crippen LogP contribution >= 0.6 is 0 Å². The van der Waals surface area contributed by atoms with Crippen molar-refractivity contribution in [2.24, 2.45) is 0 Å². The molecular formula is C21H19NO4. The second-order valence-corrected chi connectivity index (χ2v) is 6.09. The van der Waals surface area contributed by atoms with Gasteiger partial charge in [0.15, 0.2) is 17.6 Å². The van der Waals surface area contributed by atoms with Crippen molar-refractivity contribution in [1.29, 1.82) is 0 Å². The monoisotopic (exact) mass is 349 g/mol. The molecule has 0 fully saturated rings. The first-order valence-corrected chi connectivity index (χ1v) is 8.55. The van der Waals surface area contributed by atoms with Gasteiger partial charge in [-0.25, -0.2) is 0 Å². The summed E-state index contributed by atoms with van der Waals surface area (Å²) >= 11 is 0. The van der Waals surface area contributed by atoms with Gasteiger partial charge >= 0.3 is 0 Å². The van der Waals surface area contributed by atoms with Crippen molar-refractivity contribution in [3.8, 4) is 17.2 Å². The lowest BCUT2D eigenvalue weighted by Gasteiger charge is -2.20. The van der Waals surface area contributed by atoms with E-state index in [1.54, 1.807) is 25.1 Å². The van der Waals surface area contributed by atoms with Crippen molar-refractivity contribution in [2.45, 2.75) is 13.0 Å². The molecule has 0 bridgehead atoms. The van der Waals surface area contributed by atoms with Crippen LogP contribution in [-0.4, -0.2) is 25.2 Å². The van der Waals surface area contributed by atoms with Gasteiger partial charge in [-0.05, 0) is 30.5 Å². The molecule has 1 aliphatic heterocycles. The first-order chi connectivity index (χ1) is 12.7. The molecule has 0 aromatic heterocycles. The summed E-state index contributed by atoms with van der Waals surface area (Å²) in [5.74, 6) is 1.79. The van der Waals surface area contributed by atoms with E-state index >= 15 is 0 Å². The highest BCUT2D eigenvalue weighted by molar-refractivity contribution is 5.95. The highest BCUT2D eigenvalue weighted by Gasteiger charge is 2.18. The van der Waals surface area contributed by atoms with E-state index in [4.69, 9.17) is 14.2 Å². The van der Waals surface area contributed by atoms with Gasteiger partial charge < -0.3 is 19.5 Å². The van der Waals surface area contributed by atoms with E-state index in [2.05, 4.69) is 5.32 Å². The van der Waals surface area contributed by atoms with Crippen LogP contribution in [0.5, 0.6) is 17.2 Å². The number of hydrogen-bond donors (Lipinski definition) is 1. The molecule has 0 aliphatic carbocycles. The number of amides is 1. The molecule has 1 atom stereocenters. The molecule has 1 aliphatic rings. The molecule has 1 heterocycles. The van der Waals surface area contributed by atoms with Crippen LogP contribution in [0.3, 0.4) is 0 Å². The molecule has 0 saturated heterocycles. The third-order valence-electron chi connectivity index (χ3n) is 4.23. The van der Waals surface area contributed by atoms with Crippen LogP contribution in [-0.2, 0) is 4.79 Å². The summed E-state index contributed by atoms with van der Waals surface area (Å²) in [6.45, 7) is 2.77. The lowest BCUT2D eigenvalue weighted by atomic mass is 10.1. The Hall–Kier alpha value is -3.21. The number of fused-ring (bicyclic) bond motifs is 2. The largest absolute Gasteiger partial charge is 0.486 e. The number of hydrogen-bond acceptors (Lipinski definition) is 4. The molecule has 3 aromatic rings. The Morgan fingerprint density at radius 2 is 1.77 bits per heavy atom. The van der Waals surface area contributed by atoms with Gasteiger partial charge in [-0.15, -0.1) is 0 Å². The fourth-order valence-electron chi connectivity index (χ4n) is 2.91. The van der Waals surface area contributed by atoms with Crippen molar-refractivity contribution >= 4 is 22.4 Å². The summed E-state index contributed by atoms with van der Waals surface area (Å²) in [5.41, 5.74) is 0.646. The third kappa shape index (κ3) is 3.28. The van der Waals surface area contributed by atoms with Crippen LogP contribution in [0, 0.1) is 0 Å². The van der Waals surface area contributed by atoms with Crippen LogP contribution in [0.15, 0.2) is 60.7 Å².